The number of aromatic nitrogens is 2. The normalized spacial score (nSPS) is 17.3. The summed E-state index contributed by atoms with van der Waals surface area (Å²) in [5.74, 6) is 1.47. The van der Waals surface area contributed by atoms with Gasteiger partial charge in [0.05, 0.1) is 11.3 Å². The minimum atomic E-state index is 0.00497. The minimum absolute atomic E-state index is 0.00497. The van der Waals surface area contributed by atoms with Crippen molar-refractivity contribution in [2.45, 2.75) is 50.9 Å². The minimum Gasteiger partial charge on any atom is -0.505 e. The zero-order valence-corrected chi connectivity index (χ0v) is 12.1. The van der Waals surface area contributed by atoms with Gasteiger partial charge in [-0.1, -0.05) is 43.3 Å². The van der Waals surface area contributed by atoms with E-state index in [-0.39, 0.29) is 5.75 Å². The van der Waals surface area contributed by atoms with Gasteiger partial charge in [0.2, 0.25) is 0 Å². The largest absolute Gasteiger partial charge is 0.505 e. The summed E-state index contributed by atoms with van der Waals surface area (Å²) in [6, 6.07) is 5.15. The SMILES string of the molecule is Nc1cccc(-c2nc(C3CCCCCCC3)no2)c1O. The van der Waals surface area contributed by atoms with Gasteiger partial charge in [0.15, 0.2) is 11.6 Å². The number of phenolic OH excluding ortho intramolecular Hbond substituents is 1. The topological polar surface area (TPSA) is 85.2 Å². The highest BCUT2D eigenvalue weighted by molar-refractivity contribution is 5.71. The highest BCUT2D eigenvalue weighted by atomic mass is 16.5. The summed E-state index contributed by atoms with van der Waals surface area (Å²) in [4.78, 5) is 4.49. The Morgan fingerprint density at radius 2 is 1.81 bits per heavy atom. The van der Waals surface area contributed by atoms with E-state index in [2.05, 4.69) is 10.1 Å². The summed E-state index contributed by atoms with van der Waals surface area (Å²) in [6.07, 6.45) is 8.58. The van der Waals surface area contributed by atoms with Crippen molar-refractivity contribution in [3.63, 3.8) is 0 Å². The van der Waals surface area contributed by atoms with Gasteiger partial charge >= 0.3 is 0 Å². The predicted molar refractivity (Wildman–Crippen MR) is 80.9 cm³/mol. The standard InChI is InChI=1S/C16H21N3O2/c17-13-10-6-9-12(14(13)20)16-18-15(19-21-16)11-7-4-2-1-3-5-8-11/h6,9-11,20H,1-5,7-8,17H2. The molecule has 0 spiro atoms. The molecule has 5 nitrogen and oxygen atoms in total. The van der Waals surface area contributed by atoms with Crippen molar-refractivity contribution in [2.75, 3.05) is 5.73 Å². The van der Waals surface area contributed by atoms with Crippen molar-refractivity contribution in [3.05, 3.63) is 24.0 Å². The summed E-state index contributed by atoms with van der Waals surface area (Å²) < 4.78 is 5.34. The maximum Gasteiger partial charge on any atom is 0.261 e. The number of para-hydroxylation sites is 1. The van der Waals surface area contributed by atoms with Crippen LogP contribution in [0.25, 0.3) is 11.5 Å². The first-order valence-electron chi connectivity index (χ1n) is 7.67. The molecule has 0 saturated heterocycles. The molecule has 5 heteroatoms. The second-order valence-corrected chi connectivity index (χ2v) is 5.74. The quantitative estimate of drug-likeness (QED) is 0.647. The van der Waals surface area contributed by atoms with Crippen molar-refractivity contribution in [1.29, 1.82) is 0 Å². The van der Waals surface area contributed by atoms with Crippen LogP contribution < -0.4 is 5.73 Å². The fourth-order valence-corrected chi connectivity index (χ4v) is 2.96. The number of hydrogen-bond donors (Lipinski definition) is 2. The average Bonchev–Trinajstić information content (AvgIpc) is 2.91. The highest BCUT2D eigenvalue weighted by Crippen LogP contribution is 2.35. The van der Waals surface area contributed by atoms with E-state index in [1.807, 2.05) is 0 Å². The highest BCUT2D eigenvalue weighted by Gasteiger charge is 2.21. The molecule has 0 unspecified atom stereocenters. The Morgan fingerprint density at radius 1 is 1.10 bits per heavy atom. The molecule has 112 valence electrons. The third-order valence-corrected chi connectivity index (χ3v) is 4.21. The summed E-state index contributed by atoms with van der Waals surface area (Å²) in [6.45, 7) is 0. The predicted octanol–water partition coefficient (Wildman–Crippen LogP) is 3.85. The lowest BCUT2D eigenvalue weighted by molar-refractivity contribution is 0.391. The molecular weight excluding hydrogens is 266 g/mol. The van der Waals surface area contributed by atoms with Gasteiger partial charge < -0.3 is 15.4 Å². The van der Waals surface area contributed by atoms with Gasteiger partial charge in [0.25, 0.3) is 5.89 Å². The summed E-state index contributed by atoms with van der Waals surface area (Å²) in [5.41, 5.74) is 6.52. The van der Waals surface area contributed by atoms with Crippen LogP contribution in [0.4, 0.5) is 5.69 Å². The maximum atomic E-state index is 10.00. The molecule has 0 radical (unpaired) electrons. The number of hydrogen-bond acceptors (Lipinski definition) is 5. The molecule has 0 atom stereocenters. The van der Waals surface area contributed by atoms with Gasteiger partial charge in [-0.15, -0.1) is 0 Å². The van der Waals surface area contributed by atoms with E-state index < -0.39 is 0 Å². The first-order valence-corrected chi connectivity index (χ1v) is 7.67. The molecule has 1 aliphatic carbocycles. The molecule has 3 rings (SSSR count). The van der Waals surface area contributed by atoms with Crippen molar-refractivity contribution < 1.29 is 9.63 Å². The fraction of sp³-hybridized carbons (Fsp3) is 0.500. The number of nitrogens with two attached hydrogens (primary N) is 1. The van der Waals surface area contributed by atoms with E-state index in [0.717, 1.165) is 18.7 Å². The number of rotatable bonds is 2. The molecular formula is C16H21N3O2. The average molecular weight is 287 g/mol. The van der Waals surface area contributed by atoms with Crippen LogP contribution >= 0.6 is 0 Å². The summed E-state index contributed by atoms with van der Waals surface area (Å²) in [5, 5.41) is 14.1. The van der Waals surface area contributed by atoms with Gasteiger partial charge in [0, 0.05) is 5.92 Å². The first kappa shape index (κ1) is 13.9. The zero-order chi connectivity index (χ0) is 14.7. The van der Waals surface area contributed by atoms with E-state index in [1.165, 1.54) is 32.1 Å². The van der Waals surface area contributed by atoms with Gasteiger partial charge in [-0.2, -0.15) is 4.98 Å². The second-order valence-electron chi connectivity index (χ2n) is 5.74. The first-order chi connectivity index (χ1) is 10.3. The van der Waals surface area contributed by atoms with E-state index in [0.29, 0.717) is 23.1 Å². The van der Waals surface area contributed by atoms with Crippen LogP contribution in [0.2, 0.25) is 0 Å². The van der Waals surface area contributed by atoms with Crippen molar-refractivity contribution in [3.8, 4) is 17.2 Å². The molecule has 21 heavy (non-hydrogen) atoms. The van der Waals surface area contributed by atoms with E-state index in [9.17, 15) is 5.11 Å². The Bertz CT molecular complexity index is 601. The number of anilines is 1. The number of aromatic hydroxyl groups is 1. The lowest BCUT2D eigenvalue weighted by Crippen LogP contribution is -2.04. The van der Waals surface area contributed by atoms with Crippen molar-refractivity contribution >= 4 is 5.69 Å². The van der Waals surface area contributed by atoms with Crippen LogP contribution in [0, 0.1) is 0 Å². The molecule has 2 aromatic rings. The van der Waals surface area contributed by atoms with E-state index in [1.54, 1.807) is 18.2 Å². The lowest BCUT2D eigenvalue weighted by atomic mass is 9.91. The van der Waals surface area contributed by atoms with Crippen LogP contribution in [0.1, 0.15) is 56.7 Å². The molecule has 0 bridgehead atoms. The van der Waals surface area contributed by atoms with Gasteiger partial charge in [-0.25, -0.2) is 0 Å². The fourth-order valence-electron chi connectivity index (χ4n) is 2.96. The van der Waals surface area contributed by atoms with Gasteiger partial charge in [-0.05, 0) is 25.0 Å². The Balaban J connectivity index is 1.83. The Morgan fingerprint density at radius 3 is 2.57 bits per heavy atom. The van der Waals surface area contributed by atoms with E-state index in [4.69, 9.17) is 10.3 Å². The van der Waals surface area contributed by atoms with Crippen LogP contribution in [-0.2, 0) is 0 Å². The molecule has 1 fully saturated rings. The third-order valence-electron chi connectivity index (χ3n) is 4.21. The van der Waals surface area contributed by atoms with Crippen LogP contribution in [0.5, 0.6) is 5.75 Å². The number of nitrogens with zero attached hydrogens (tertiary/aromatic N) is 2. The van der Waals surface area contributed by atoms with E-state index >= 15 is 0 Å². The number of benzene rings is 1. The summed E-state index contributed by atoms with van der Waals surface area (Å²) in [7, 11) is 0. The van der Waals surface area contributed by atoms with Crippen LogP contribution in [0.3, 0.4) is 0 Å². The van der Waals surface area contributed by atoms with Crippen molar-refractivity contribution in [1.82, 2.24) is 10.1 Å². The monoisotopic (exact) mass is 287 g/mol. The van der Waals surface area contributed by atoms with Gasteiger partial charge in [0.1, 0.15) is 0 Å². The Kier molecular flexibility index (Phi) is 4.08. The Hall–Kier alpha value is -2.04. The Labute approximate surface area is 124 Å². The maximum absolute atomic E-state index is 10.00. The van der Waals surface area contributed by atoms with Gasteiger partial charge in [-0.3, -0.25) is 0 Å². The molecule has 1 aromatic carbocycles. The zero-order valence-electron chi connectivity index (χ0n) is 12.1. The second kappa shape index (κ2) is 6.16. The molecule has 0 amide bonds. The number of nitrogen functional groups attached to an aromatic ring is 1. The molecule has 0 aliphatic heterocycles. The molecule has 1 heterocycles. The smallest absolute Gasteiger partial charge is 0.261 e. The third kappa shape index (κ3) is 3.01. The molecule has 1 aliphatic rings. The lowest BCUT2D eigenvalue weighted by Gasteiger charge is -2.15. The summed E-state index contributed by atoms with van der Waals surface area (Å²) >= 11 is 0. The van der Waals surface area contributed by atoms with Crippen LogP contribution in [0.15, 0.2) is 22.7 Å². The molecule has 1 saturated carbocycles. The molecule has 3 N–H and O–H groups in total. The molecule has 1 aromatic heterocycles. The number of phenols is 1. The van der Waals surface area contributed by atoms with Crippen molar-refractivity contribution in [2.24, 2.45) is 0 Å². The van der Waals surface area contributed by atoms with Crippen LogP contribution in [-0.4, -0.2) is 15.2 Å².